The first kappa shape index (κ1) is 10.9. The largest absolute Gasteiger partial charge is 0.395 e. The standard InChI is InChI=1S/C6H6FNS.K/c7-4-2-1-3-5(9)6(4)8;/h1-3,9H,8H2;. The number of rotatable bonds is 0. The first-order chi connectivity index (χ1) is 4.22. The van der Waals surface area contributed by atoms with Crippen LogP contribution in [0.25, 0.3) is 0 Å². The minimum Gasteiger partial charge on any atom is -0.395 e. The van der Waals surface area contributed by atoms with Crippen LogP contribution >= 0.6 is 12.6 Å². The topological polar surface area (TPSA) is 26.0 Å². The van der Waals surface area contributed by atoms with Gasteiger partial charge in [0.1, 0.15) is 5.82 Å². The molecule has 0 fully saturated rings. The van der Waals surface area contributed by atoms with Gasteiger partial charge in [-0.2, -0.15) is 0 Å². The molecule has 0 amide bonds. The van der Waals surface area contributed by atoms with Gasteiger partial charge < -0.3 is 5.73 Å². The van der Waals surface area contributed by atoms with Gasteiger partial charge in [-0.15, -0.1) is 12.6 Å². The summed E-state index contributed by atoms with van der Waals surface area (Å²) in [6, 6.07) is 4.50. The molecule has 2 N–H and O–H groups in total. The van der Waals surface area contributed by atoms with Gasteiger partial charge in [0, 0.05) is 56.3 Å². The Morgan fingerprint density at radius 1 is 1.40 bits per heavy atom. The summed E-state index contributed by atoms with van der Waals surface area (Å²) in [5.74, 6) is -0.414. The van der Waals surface area contributed by atoms with Gasteiger partial charge in [0.25, 0.3) is 0 Å². The zero-order chi connectivity index (χ0) is 6.85. The molecule has 0 unspecified atom stereocenters. The summed E-state index contributed by atoms with van der Waals surface area (Å²) in [4.78, 5) is 0.481. The van der Waals surface area contributed by atoms with Crippen molar-refractivity contribution < 1.29 is 4.39 Å². The van der Waals surface area contributed by atoms with E-state index in [2.05, 4.69) is 12.6 Å². The Morgan fingerprint density at radius 2 is 2.00 bits per heavy atom. The van der Waals surface area contributed by atoms with Crippen LogP contribution in [0.15, 0.2) is 23.1 Å². The smallest absolute Gasteiger partial charge is 0.147 e. The molecular weight excluding hydrogens is 176 g/mol. The average Bonchev–Trinajstić information content (AvgIpc) is 1.83. The molecule has 0 spiro atoms. The van der Waals surface area contributed by atoms with Crippen LogP contribution in [0.3, 0.4) is 0 Å². The Morgan fingerprint density at radius 3 is 2.40 bits per heavy atom. The fraction of sp³-hybridized carbons (Fsp3) is 0. The van der Waals surface area contributed by atoms with Gasteiger partial charge in [0.05, 0.1) is 5.69 Å². The third-order valence-electron chi connectivity index (χ3n) is 1.03. The molecule has 4 heteroatoms. The fourth-order valence-electron chi connectivity index (χ4n) is 0.526. The van der Waals surface area contributed by atoms with E-state index in [1.165, 1.54) is 6.07 Å². The maximum atomic E-state index is 12.4. The van der Waals surface area contributed by atoms with Crippen LogP contribution in [0.2, 0.25) is 0 Å². The van der Waals surface area contributed by atoms with E-state index >= 15 is 0 Å². The van der Waals surface area contributed by atoms with Crippen LogP contribution in [0.5, 0.6) is 0 Å². The van der Waals surface area contributed by atoms with Crippen molar-refractivity contribution >= 4 is 69.7 Å². The molecular formula is C6H6FKNS. The SMILES string of the molecule is Nc1c(F)cccc1S.[K]. The van der Waals surface area contributed by atoms with E-state index in [1.54, 1.807) is 12.1 Å². The minimum atomic E-state index is -0.414. The molecule has 0 aliphatic carbocycles. The number of hydrogen-bond acceptors (Lipinski definition) is 2. The third-order valence-corrected chi connectivity index (χ3v) is 1.42. The van der Waals surface area contributed by atoms with Gasteiger partial charge in [-0.05, 0) is 12.1 Å². The summed E-state index contributed by atoms with van der Waals surface area (Å²) in [5, 5.41) is 0. The number of halogens is 1. The first-order valence-corrected chi connectivity index (χ1v) is 2.89. The van der Waals surface area contributed by atoms with Crippen molar-refractivity contribution in [3.8, 4) is 0 Å². The molecule has 10 heavy (non-hydrogen) atoms. The molecule has 1 nitrogen and oxygen atoms in total. The molecule has 0 aliphatic heterocycles. The van der Waals surface area contributed by atoms with E-state index in [0.29, 0.717) is 4.90 Å². The van der Waals surface area contributed by atoms with E-state index in [9.17, 15) is 4.39 Å². The van der Waals surface area contributed by atoms with Crippen LogP contribution in [0.1, 0.15) is 0 Å². The monoisotopic (exact) mass is 182 g/mol. The van der Waals surface area contributed by atoms with Crippen LogP contribution in [-0.4, -0.2) is 51.4 Å². The average molecular weight is 182 g/mol. The maximum absolute atomic E-state index is 12.4. The second-order valence-electron chi connectivity index (χ2n) is 1.67. The Bertz CT molecular complexity index is 209. The predicted molar refractivity (Wildman–Crippen MR) is 43.8 cm³/mol. The van der Waals surface area contributed by atoms with Gasteiger partial charge in [-0.25, -0.2) is 4.39 Å². The molecule has 0 aliphatic rings. The quantitative estimate of drug-likeness (QED) is 0.353. The zero-order valence-corrected chi connectivity index (χ0v) is 9.65. The predicted octanol–water partition coefficient (Wildman–Crippen LogP) is 1.32. The second-order valence-corrected chi connectivity index (χ2v) is 2.15. The van der Waals surface area contributed by atoms with Crippen molar-refractivity contribution in [1.29, 1.82) is 0 Å². The molecule has 0 aromatic heterocycles. The van der Waals surface area contributed by atoms with E-state index in [0.717, 1.165) is 0 Å². The summed E-state index contributed by atoms with van der Waals surface area (Å²) >= 11 is 3.90. The minimum absolute atomic E-state index is 0. The van der Waals surface area contributed by atoms with Gasteiger partial charge in [-0.1, -0.05) is 6.07 Å². The summed E-state index contributed by atoms with van der Waals surface area (Å²) < 4.78 is 12.4. The third kappa shape index (κ3) is 2.52. The maximum Gasteiger partial charge on any atom is 0.147 e. The number of anilines is 1. The Kier molecular flexibility index (Phi) is 5.19. The van der Waals surface area contributed by atoms with E-state index in [-0.39, 0.29) is 57.1 Å². The van der Waals surface area contributed by atoms with Gasteiger partial charge in [0.15, 0.2) is 0 Å². The molecule has 1 rings (SSSR count). The number of nitrogen functional groups attached to an aromatic ring is 1. The van der Waals surface area contributed by atoms with Crippen molar-refractivity contribution in [3.05, 3.63) is 24.0 Å². The first-order valence-electron chi connectivity index (χ1n) is 2.45. The van der Waals surface area contributed by atoms with Crippen molar-refractivity contribution in [2.75, 3.05) is 5.73 Å². The van der Waals surface area contributed by atoms with E-state index in [4.69, 9.17) is 5.73 Å². The molecule has 0 bridgehead atoms. The Hall–Kier alpha value is 0.936. The van der Waals surface area contributed by atoms with Crippen LogP contribution in [-0.2, 0) is 0 Å². The molecule has 0 atom stereocenters. The van der Waals surface area contributed by atoms with Crippen molar-refractivity contribution in [2.45, 2.75) is 4.90 Å². The Labute approximate surface area is 107 Å². The second kappa shape index (κ2) is 4.74. The zero-order valence-electron chi connectivity index (χ0n) is 5.63. The van der Waals surface area contributed by atoms with E-state index < -0.39 is 5.82 Å². The number of thiol groups is 1. The summed E-state index contributed by atoms with van der Waals surface area (Å²) in [7, 11) is 0. The molecule has 0 heterocycles. The fourth-order valence-corrected chi connectivity index (χ4v) is 0.719. The molecule has 0 saturated carbocycles. The number of hydrogen-bond donors (Lipinski definition) is 2. The van der Waals surface area contributed by atoms with Crippen LogP contribution < -0.4 is 5.73 Å². The van der Waals surface area contributed by atoms with Crippen molar-refractivity contribution in [1.82, 2.24) is 0 Å². The summed E-state index contributed by atoms with van der Waals surface area (Å²) in [6.07, 6.45) is 0. The van der Waals surface area contributed by atoms with Gasteiger partial charge >= 0.3 is 0 Å². The molecule has 49 valence electrons. The summed E-state index contributed by atoms with van der Waals surface area (Å²) in [5.41, 5.74) is 5.34. The number of para-hydroxylation sites is 1. The molecule has 1 radical (unpaired) electrons. The van der Waals surface area contributed by atoms with Gasteiger partial charge in [0.2, 0.25) is 0 Å². The van der Waals surface area contributed by atoms with Crippen molar-refractivity contribution in [3.63, 3.8) is 0 Å². The molecule has 1 aromatic carbocycles. The molecule has 0 saturated heterocycles. The van der Waals surface area contributed by atoms with E-state index in [1.807, 2.05) is 0 Å². The summed E-state index contributed by atoms with van der Waals surface area (Å²) in [6.45, 7) is 0. The van der Waals surface area contributed by atoms with Crippen LogP contribution in [0.4, 0.5) is 10.1 Å². The normalized spacial score (nSPS) is 8.60. The number of nitrogens with two attached hydrogens (primary N) is 1. The molecule has 1 aromatic rings. The number of benzene rings is 1. The van der Waals surface area contributed by atoms with Crippen molar-refractivity contribution in [2.24, 2.45) is 0 Å². The van der Waals surface area contributed by atoms with Crippen LogP contribution in [0, 0.1) is 5.82 Å². The Balaban J connectivity index is 0.000000810. The van der Waals surface area contributed by atoms with Gasteiger partial charge in [-0.3, -0.25) is 0 Å².